The average Bonchev–Trinajstić information content (AvgIpc) is 3.02. The normalized spacial score (nSPS) is 15.3. The van der Waals surface area contributed by atoms with Crippen molar-refractivity contribution in [3.8, 4) is 5.75 Å². The van der Waals surface area contributed by atoms with Gasteiger partial charge < -0.3 is 10.5 Å². The number of benzene rings is 1. The Kier molecular flexibility index (Phi) is 3.65. The van der Waals surface area contributed by atoms with E-state index in [1.165, 1.54) is 19.3 Å². The minimum atomic E-state index is 0.558. The maximum atomic E-state index is 5.67. The van der Waals surface area contributed by atoms with Crippen LogP contribution in [0.4, 0.5) is 0 Å². The van der Waals surface area contributed by atoms with E-state index in [2.05, 4.69) is 15.9 Å². The van der Waals surface area contributed by atoms with E-state index in [4.69, 9.17) is 10.5 Å². The molecule has 2 rings (SSSR count). The van der Waals surface area contributed by atoms with Gasteiger partial charge in [-0.2, -0.15) is 0 Å². The van der Waals surface area contributed by atoms with E-state index in [0.29, 0.717) is 6.54 Å². The molecule has 0 heterocycles. The van der Waals surface area contributed by atoms with Gasteiger partial charge in [-0.05, 0) is 30.0 Å². The number of hydrogen-bond donors (Lipinski definition) is 1. The lowest BCUT2D eigenvalue weighted by Gasteiger charge is -2.07. The van der Waals surface area contributed by atoms with E-state index in [1.807, 2.05) is 18.2 Å². The highest BCUT2D eigenvalue weighted by Crippen LogP contribution is 2.32. The molecular weight excluding hydrogens is 254 g/mol. The Hall–Kier alpha value is -0.540. The molecule has 2 nitrogen and oxygen atoms in total. The van der Waals surface area contributed by atoms with Gasteiger partial charge >= 0.3 is 0 Å². The molecule has 0 aliphatic heterocycles. The van der Waals surface area contributed by atoms with Gasteiger partial charge in [0.2, 0.25) is 0 Å². The zero-order chi connectivity index (χ0) is 10.7. The quantitative estimate of drug-likeness (QED) is 0.892. The monoisotopic (exact) mass is 269 g/mol. The van der Waals surface area contributed by atoms with Crippen molar-refractivity contribution in [3.05, 3.63) is 28.2 Å². The third-order valence-corrected chi connectivity index (χ3v) is 3.47. The average molecular weight is 270 g/mol. The molecule has 0 radical (unpaired) electrons. The highest BCUT2D eigenvalue weighted by atomic mass is 79.9. The SMILES string of the molecule is NCc1ccc(OCCC2CC2)cc1Br. The van der Waals surface area contributed by atoms with E-state index in [-0.39, 0.29) is 0 Å². The van der Waals surface area contributed by atoms with Crippen molar-refractivity contribution >= 4 is 15.9 Å². The molecule has 1 aliphatic carbocycles. The number of halogens is 1. The number of hydrogen-bond acceptors (Lipinski definition) is 2. The van der Waals surface area contributed by atoms with Crippen LogP contribution in [0.1, 0.15) is 24.8 Å². The smallest absolute Gasteiger partial charge is 0.120 e. The molecule has 1 saturated carbocycles. The first-order chi connectivity index (χ1) is 7.29. The second kappa shape index (κ2) is 4.99. The Labute approximate surface area is 98.9 Å². The fourth-order valence-electron chi connectivity index (χ4n) is 1.53. The first-order valence-electron chi connectivity index (χ1n) is 5.41. The van der Waals surface area contributed by atoms with Crippen LogP contribution in [0.25, 0.3) is 0 Å². The van der Waals surface area contributed by atoms with Gasteiger partial charge in [0.25, 0.3) is 0 Å². The molecule has 0 aromatic heterocycles. The molecule has 1 aromatic carbocycles. The van der Waals surface area contributed by atoms with Crippen molar-refractivity contribution in [2.75, 3.05) is 6.61 Å². The standard InChI is InChI=1S/C12H16BrNO/c13-12-7-11(4-3-10(12)8-14)15-6-5-9-1-2-9/h3-4,7,9H,1-2,5-6,8,14H2. The van der Waals surface area contributed by atoms with E-state index >= 15 is 0 Å². The molecule has 1 aliphatic rings. The lowest BCUT2D eigenvalue weighted by Crippen LogP contribution is -2.00. The molecule has 1 fully saturated rings. The predicted octanol–water partition coefficient (Wildman–Crippen LogP) is 3.09. The van der Waals surface area contributed by atoms with E-state index in [1.54, 1.807) is 0 Å². The van der Waals surface area contributed by atoms with Crippen LogP contribution in [0.5, 0.6) is 5.75 Å². The zero-order valence-corrected chi connectivity index (χ0v) is 10.3. The van der Waals surface area contributed by atoms with Crippen LogP contribution < -0.4 is 10.5 Å². The highest BCUT2D eigenvalue weighted by Gasteiger charge is 2.20. The number of nitrogens with two attached hydrogens (primary N) is 1. The van der Waals surface area contributed by atoms with Gasteiger partial charge in [0.05, 0.1) is 6.61 Å². The predicted molar refractivity (Wildman–Crippen MR) is 64.9 cm³/mol. The molecular formula is C12H16BrNO. The van der Waals surface area contributed by atoms with Crippen LogP contribution in [0.3, 0.4) is 0 Å². The Bertz CT molecular complexity index is 336. The summed E-state index contributed by atoms with van der Waals surface area (Å²) in [6, 6.07) is 5.99. The summed E-state index contributed by atoms with van der Waals surface area (Å²) in [4.78, 5) is 0. The Morgan fingerprint density at radius 2 is 2.20 bits per heavy atom. The first-order valence-corrected chi connectivity index (χ1v) is 6.20. The van der Waals surface area contributed by atoms with Gasteiger partial charge in [-0.3, -0.25) is 0 Å². The van der Waals surface area contributed by atoms with Gasteiger partial charge in [0.15, 0.2) is 0 Å². The lowest BCUT2D eigenvalue weighted by molar-refractivity contribution is 0.302. The van der Waals surface area contributed by atoms with Crippen molar-refractivity contribution in [2.45, 2.75) is 25.8 Å². The third-order valence-electron chi connectivity index (χ3n) is 2.74. The molecule has 0 atom stereocenters. The second-order valence-electron chi connectivity index (χ2n) is 4.04. The van der Waals surface area contributed by atoms with Gasteiger partial charge in [-0.1, -0.05) is 34.8 Å². The Morgan fingerprint density at radius 3 is 2.80 bits per heavy atom. The first kappa shape index (κ1) is 11.0. The summed E-state index contributed by atoms with van der Waals surface area (Å²) in [5, 5.41) is 0. The lowest BCUT2D eigenvalue weighted by atomic mass is 10.2. The largest absolute Gasteiger partial charge is 0.494 e. The second-order valence-corrected chi connectivity index (χ2v) is 4.89. The molecule has 1 aromatic rings. The van der Waals surface area contributed by atoms with Gasteiger partial charge in [-0.15, -0.1) is 0 Å². The van der Waals surface area contributed by atoms with Gasteiger partial charge in [-0.25, -0.2) is 0 Å². The molecule has 0 unspecified atom stereocenters. The maximum Gasteiger partial charge on any atom is 0.120 e. The Balaban J connectivity index is 1.87. The third kappa shape index (κ3) is 3.21. The van der Waals surface area contributed by atoms with Crippen molar-refractivity contribution in [1.29, 1.82) is 0 Å². The zero-order valence-electron chi connectivity index (χ0n) is 8.71. The summed E-state index contributed by atoms with van der Waals surface area (Å²) >= 11 is 3.48. The van der Waals surface area contributed by atoms with Crippen molar-refractivity contribution in [3.63, 3.8) is 0 Å². The summed E-state index contributed by atoms with van der Waals surface area (Å²) < 4.78 is 6.70. The van der Waals surface area contributed by atoms with Crippen molar-refractivity contribution < 1.29 is 4.74 Å². The molecule has 2 N–H and O–H groups in total. The van der Waals surface area contributed by atoms with Crippen LogP contribution in [0.15, 0.2) is 22.7 Å². The van der Waals surface area contributed by atoms with Gasteiger partial charge in [0, 0.05) is 11.0 Å². The van der Waals surface area contributed by atoms with E-state index < -0.39 is 0 Å². The summed E-state index contributed by atoms with van der Waals surface area (Å²) in [6.07, 6.45) is 3.97. The topological polar surface area (TPSA) is 35.2 Å². The molecule has 3 heteroatoms. The van der Waals surface area contributed by atoms with Crippen LogP contribution >= 0.6 is 15.9 Å². The maximum absolute atomic E-state index is 5.67. The minimum absolute atomic E-state index is 0.558. The summed E-state index contributed by atoms with van der Waals surface area (Å²) in [5.41, 5.74) is 6.69. The summed E-state index contributed by atoms with van der Waals surface area (Å²) in [7, 11) is 0. The molecule has 0 amide bonds. The van der Waals surface area contributed by atoms with Crippen LogP contribution in [0, 0.1) is 5.92 Å². The van der Waals surface area contributed by atoms with E-state index in [9.17, 15) is 0 Å². The highest BCUT2D eigenvalue weighted by molar-refractivity contribution is 9.10. The van der Waals surface area contributed by atoms with Gasteiger partial charge in [0.1, 0.15) is 5.75 Å². The van der Waals surface area contributed by atoms with Crippen molar-refractivity contribution in [1.82, 2.24) is 0 Å². The minimum Gasteiger partial charge on any atom is -0.494 e. The fourth-order valence-corrected chi connectivity index (χ4v) is 2.05. The molecule has 0 bridgehead atoms. The number of rotatable bonds is 5. The van der Waals surface area contributed by atoms with Crippen LogP contribution in [0.2, 0.25) is 0 Å². The Morgan fingerprint density at radius 1 is 1.40 bits per heavy atom. The molecule has 15 heavy (non-hydrogen) atoms. The summed E-state index contributed by atoms with van der Waals surface area (Å²) in [5.74, 6) is 1.86. The fraction of sp³-hybridized carbons (Fsp3) is 0.500. The molecule has 82 valence electrons. The van der Waals surface area contributed by atoms with E-state index in [0.717, 1.165) is 28.3 Å². The van der Waals surface area contributed by atoms with Crippen LogP contribution in [-0.4, -0.2) is 6.61 Å². The van der Waals surface area contributed by atoms with Crippen LogP contribution in [-0.2, 0) is 6.54 Å². The number of ether oxygens (including phenoxy) is 1. The molecule has 0 spiro atoms. The van der Waals surface area contributed by atoms with Crippen molar-refractivity contribution in [2.24, 2.45) is 11.7 Å². The molecule has 0 saturated heterocycles. The summed E-state index contributed by atoms with van der Waals surface area (Å²) in [6.45, 7) is 1.39.